The number of thioether (sulfide) groups is 1. The van der Waals surface area contributed by atoms with E-state index in [1.807, 2.05) is 25.7 Å². The number of hydrogen-bond donors (Lipinski definition) is 0. The summed E-state index contributed by atoms with van der Waals surface area (Å²) in [7, 11) is 1.59. The van der Waals surface area contributed by atoms with Crippen molar-refractivity contribution in [3.8, 4) is 29.1 Å². The van der Waals surface area contributed by atoms with Crippen LogP contribution in [0.2, 0.25) is 0 Å². The number of nitriles is 2. The first-order chi connectivity index (χ1) is 20.6. The Hall–Kier alpha value is -4.39. The van der Waals surface area contributed by atoms with E-state index in [-0.39, 0.29) is 22.6 Å². The van der Waals surface area contributed by atoms with Crippen molar-refractivity contribution in [2.75, 3.05) is 57.2 Å². The molecule has 11 nitrogen and oxygen atoms in total. The summed E-state index contributed by atoms with van der Waals surface area (Å²) in [5.74, 6) is 1.42. The van der Waals surface area contributed by atoms with Crippen molar-refractivity contribution in [2.45, 2.75) is 31.4 Å². The fourth-order valence-corrected chi connectivity index (χ4v) is 5.87. The second-order valence-corrected chi connectivity index (χ2v) is 12.3. The first kappa shape index (κ1) is 31.5. The molecule has 0 aromatic carbocycles. The summed E-state index contributed by atoms with van der Waals surface area (Å²) in [6, 6.07) is 8.03. The van der Waals surface area contributed by atoms with E-state index < -0.39 is 5.60 Å². The maximum atomic E-state index is 12.5. The summed E-state index contributed by atoms with van der Waals surface area (Å²) in [4.78, 5) is 29.8. The Kier molecular flexibility index (Phi) is 9.74. The lowest BCUT2D eigenvalue weighted by Gasteiger charge is -2.60. The first-order valence-electron chi connectivity index (χ1n) is 13.7. The zero-order valence-corrected chi connectivity index (χ0v) is 25.7. The van der Waals surface area contributed by atoms with Crippen molar-refractivity contribution >= 4 is 29.4 Å². The predicted molar refractivity (Wildman–Crippen MR) is 165 cm³/mol. The molecule has 4 heterocycles. The lowest BCUT2D eigenvalue weighted by molar-refractivity contribution is -0.0455. The highest BCUT2D eigenvalue weighted by Crippen LogP contribution is 2.45. The molecule has 0 aliphatic carbocycles. The topological polar surface area (TPSA) is 137 Å². The fourth-order valence-electron chi connectivity index (χ4n) is 4.95. The maximum absolute atomic E-state index is 12.5. The number of hydrogen-bond acceptors (Lipinski definition) is 11. The lowest BCUT2D eigenvalue weighted by Crippen LogP contribution is -2.73. The molecule has 2 aliphatic heterocycles. The van der Waals surface area contributed by atoms with Gasteiger partial charge in [0, 0.05) is 56.2 Å². The molecule has 224 valence electrons. The first-order valence-corrected chi connectivity index (χ1v) is 14.7. The Morgan fingerprint density at radius 2 is 1.88 bits per heavy atom. The van der Waals surface area contributed by atoms with Crippen LogP contribution in [0.5, 0.6) is 5.75 Å². The van der Waals surface area contributed by atoms with Crippen LogP contribution in [0.4, 0.5) is 10.6 Å². The Balaban J connectivity index is 1.66. The summed E-state index contributed by atoms with van der Waals surface area (Å²) in [5, 5.41) is 21.1. The Bertz CT molecular complexity index is 1490. The summed E-state index contributed by atoms with van der Waals surface area (Å²) in [6.45, 7) is 16.1. The summed E-state index contributed by atoms with van der Waals surface area (Å²) in [6.07, 6.45) is 4.30. The molecule has 0 bridgehead atoms. The van der Waals surface area contributed by atoms with Crippen LogP contribution in [0.1, 0.15) is 31.9 Å². The Morgan fingerprint density at radius 3 is 2.44 bits per heavy atom. The second-order valence-electron chi connectivity index (χ2n) is 11.3. The largest absolute Gasteiger partial charge is 0.490 e. The Labute approximate surface area is 256 Å². The zero-order chi connectivity index (χ0) is 31.2. The maximum Gasteiger partial charge on any atom is 0.410 e. The van der Waals surface area contributed by atoms with E-state index in [1.54, 1.807) is 36.4 Å². The molecule has 4 rings (SSSR count). The molecule has 43 heavy (non-hydrogen) atoms. The minimum absolute atomic E-state index is 0.0985. The van der Waals surface area contributed by atoms with Crippen LogP contribution in [0, 0.1) is 28.1 Å². The molecular weight excluding hydrogens is 566 g/mol. The summed E-state index contributed by atoms with van der Waals surface area (Å²) >= 11 is 1.33. The van der Waals surface area contributed by atoms with E-state index in [4.69, 9.17) is 19.2 Å². The average Bonchev–Trinajstić information content (AvgIpc) is 2.92. The number of allylic oxidation sites excluding steroid dienone is 1. The van der Waals surface area contributed by atoms with E-state index in [9.17, 15) is 15.3 Å². The van der Waals surface area contributed by atoms with Crippen molar-refractivity contribution in [1.82, 2.24) is 14.9 Å². The van der Waals surface area contributed by atoms with Gasteiger partial charge in [0.1, 0.15) is 46.5 Å². The molecule has 0 atom stereocenters. The van der Waals surface area contributed by atoms with Gasteiger partial charge in [0.2, 0.25) is 0 Å². The van der Waals surface area contributed by atoms with E-state index in [1.165, 1.54) is 18.0 Å². The van der Waals surface area contributed by atoms with Gasteiger partial charge in [0.15, 0.2) is 0 Å². The summed E-state index contributed by atoms with van der Waals surface area (Å²) in [5.41, 5.74) is 1.40. The van der Waals surface area contributed by atoms with Crippen LogP contribution in [0.15, 0.2) is 53.8 Å². The van der Waals surface area contributed by atoms with Crippen LogP contribution >= 0.6 is 11.8 Å². The molecule has 2 aliphatic rings. The number of nitrogens with zero attached hydrogens (tertiary/aromatic N) is 7. The minimum atomic E-state index is -0.561. The van der Waals surface area contributed by atoms with E-state index in [0.29, 0.717) is 78.7 Å². The molecule has 0 saturated carbocycles. The highest BCUT2D eigenvalue weighted by atomic mass is 32.2. The van der Waals surface area contributed by atoms with Gasteiger partial charge in [-0.05, 0) is 39.0 Å². The van der Waals surface area contributed by atoms with Crippen molar-refractivity contribution in [2.24, 2.45) is 10.4 Å². The van der Waals surface area contributed by atoms with Gasteiger partial charge in [-0.3, -0.25) is 9.98 Å². The van der Waals surface area contributed by atoms with E-state index in [0.717, 1.165) is 0 Å². The molecule has 2 aromatic heterocycles. The van der Waals surface area contributed by atoms with E-state index in [2.05, 4.69) is 35.3 Å². The van der Waals surface area contributed by atoms with Gasteiger partial charge in [0.05, 0.1) is 29.8 Å². The number of aromatic nitrogens is 2. The third kappa shape index (κ3) is 7.16. The molecule has 12 heteroatoms. The standard InChI is InChI=1S/C31H35N7O4S/c1-7-21(34-8-2)16-43-28-24(14-33)26(25-10-9-22(15-35-25)41-12-11-40-6)23(13-32)27(36-28)37-17-31(18-37)19-38(20-31)29(39)42-30(3,4)5/h7-10,15H,1-2,11-12,16-20H2,3-6H3. The fraction of sp³-hybridized carbons (Fsp3) is 0.419. The van der Waals surface area contributed by atoms with Crippen LogP contribution in [0.3, 0.4) is 0 Å². The van der Waals surface area contributed by atoms with Gasteiger partial charge in [0.25, 0.3) is 0 Å². The quantitative estimate of drug-likeness (QED) is 0.200. The third-order valence-electron chi connectivity index (χ3n) is 6.82. The van der Waals surface area contributed by atoms with Gasteiger partial charge in [-0.2, -0.15) is 10.5 Å². The van der Waals surface area contributed by atoms with Crippen LogP contribution < -0.4 is 9.64 Å². The average molecular weight is 602 g/mol. The molecule has 0 N–H and O–H groups in total. The number of carbonyl (C=O) groups excluding carboxylic acids is 1. The number of amides is 1. The van der Waals surface area contributed by atoms with Crippen LogP contribution in [-0.2, 0) is 9.47 Å². The van der Waals surface area contributed by atoms with Crippen LogP contribution in [0.25, 0.3) is 11.3 Å². The molecule has 2 aromatic rings. The molecule has 1 amide bonds. The van der Waals surface area contributed by atoms with Crippen molar-refractivity contribution in [3.63, 3.8) is 0 Å². The number of carbonyl (C=O) groups is 1. The SMILES string of the molecule is C=CN=C(C=C)CSc1nc(N2CC3(CN(C(=O)OC(C)(C)C)C3)C2)c(C#N)c(-c2ccc(OCCOC)cn2)c1C#N. The zero-order valence-electron chi connectivity index (χ0n) is 24.9. The van der Waals surface area contributed by atoms with Gasteiger partial charge < -0.3 is 24.0 Å². The minimum Gasteiger partial charge on any atom is -0.490 e. The third-order valence-corrected chi connectivity index (χ3v) is 7.83. The Morgan fingerprint density at radius 1 is 1.16 bits per heavy atom. The number of pyridine rings is 2. The van der Waals surface area contributed by atoms with Gasteiger partial charge in [-0.1, -0.05) is 24.9 Å². The monoisotopic (exact) mass is 601 g/mol. The molecule has 0 unspecified atom stereocenters. The van der Waals surface area contributed by atoms with Gasteiger partial charge >= 0.3 is 6.09 Å². The second kappa shape index (κ2) is 13.3. The summed E-state index contributed by atoms with van der Waals surface area (Å²) < 4.78 is 16.2. The number of anilines is 1. The molecule has 0 radical (unpaired) electrons. The van der Waals surface area contributed by atoms with Crippen LogP contribution in [-0.4, -0.2) is 84.5 Å². The van der Waals surface area contributed by atoms with Gasteiger partial charge in [-0.15, -0.1) is 0 Å². The van der Waals surface area contributed by atoms with Crippen molar-refractivity contribution in [3.05, 3.63) is 54.9 Å². The van der Waals surface area contributed by atoms with Crippen molar-refractivity contribution < 1.29 is 19.0 Å². The van der Waals surface area contributed by atoms with Gasteiger partial charge in [-0.25, -0.2) is 9.78 Å². The normalized spacial score (nSPS) is 15.5. The number of rotatable bonds is 11. The van der Waals surface area contributed by atoms with E-state index >= 15 is 0 Å². The van der Waals surface area contributed by atoms with Crippen molar-refractivity contribution in [1.29, 1.82) is 10.5 Å². The highest BCUT2D eigenvalue weighted by Gasteiger charge is 2.55. The highest BCUT2D eigenvalue weighted by molar-refractivity contribution is 8.00. The molecular formula is C31H35N7O4S. The number of methoxy groups -OCH3 is 1. The lowest BCUT2D eigenvalue weighted by atomic mass is 9.73. The smallest absolute Gasteiger partial charge is 0.410 e. The molecule has 2 saturated heterocycles. The number of aliphatic imine (C=N–C) groups is 1. The predicted octanol–water partition coefficient (Wildman–Crippen LogP) is 4.83. The number of ether oxygens (including phenoxy) is 3. The molecule has 2 fully saturated rings. The molecule has 1 spiro atoms. The number of likely N-dealkylation sites (tertiary alicyclic amines) is 1.